The van der Waals surface area contributed by atoms with Gasteiger partial charge in [-0.2, -0.15) is 0 Å². The van der Waals surface area contributed by atoms with Crippen molar-refractivity contribution in [3.63, 3.8) is 0 Å². The number of sulfonamides is 1. The fourth-order valence-electron chi connectivity index (χ4n) is 2.08. The first-order valence-corrected chi connectivity index (χ1v) is 9.41. The van der Waals surface area contributed by atoms with E-state index in [0.717, 1.165) is 15.8 Å². The lowest BCUT2D eigenvalue weighted by Gasteiger charge is -2.12. The van der Waals surface area contributed by atoms with Crippen LogP contribution < -0.4 is 4.72 Å². The molecule has 1 heterocycles. The first-order valence-electron chi connectivity index (χ1n) is 7.11. The number of hydrogen-bond acceptors (Lipinski definition) is 5. The molecule has 0 radical (unpaired) electrons. The monoisotopic (exact) mass is 347 g/mol. The second kappa shape index (κ2) is 5.58. The van der Waals surface area contributed by atoms with Crippen LogP contribution in [-0.4, -0.2) is 18.6 Å². The Kier molecular flexibility index (Phi) is 3.85. The maximum atomic E-state index is 12.5. The molecule has 7 heteroatoms. The van der Waals surface area contributed by atoms with Crippen molar-refractivity contribution < 1.29 is 8.42 Å². The number of nitrogens with one attached hydrogen (secondary N) is 1. The Morgan fingerprint density at radius 2 is 1.70 bits per heavy atom. The Labute approximate surface area is 139 Å². The average molecular weight is 347 g/mol. The van der Waals surface area contributed by atoms with Crippen LogP contribution in [0.25, 0.3) is 10.8 Å². The van der Waals surface area contributed by atoms with Gasteiger partial charge in [0.1, 0.15) is 5.01 Å². The Balaban J connectivity index is 1.92. The summed E-state index contributed by atoms with van der Waals surface area (Å²) in [6.07, 6.45) is 0. The van der Waals surface area contributed by atoms with Crippen molar-refractivity contribution in [1.29, 1.82) is 0 Å². The number of aromatic nitrogens is 2. The number of nitrogens with zero attached hydrogens (tertiary/aromatic N) is 2. The second-order valence-electron chi connectivity index (χ2n) is 6.28. The molecule has 0 unspecified atom stereocenters. The number of fused-ring (bicyclic) bond motifs is 1. The van der Waals surface area contributed by atoms with E-state index in [4.69, 9.17) is 0 Å². The predicted molar refractivity (Wildman–Crippen MR) is 93.4 cm³/mol. The summed E-state index contributed by atoms with van der Waals surface area (Å²) >= 11 is 1.25. The molecule has 0 spiro atoms. The zero-order valence-corrected chi connectivity index (χ0v) is 14.7. The average Bonchev–Trinajstić information content (AvgIpc) is 2.94. The van der Waals surface area contributed by atoms with Gasteiger partial charge in [-0.1, -0.05) is 62.4 Å². The Hall–Kier alpha value is -1.99. The van der Waals surface area contributed by atoms with Crippen LogP contribution >= 0.6 is 11.3 Å². The van der Waals surface area contributed by atoms with Crippen LogP contribution in [0.15, 0.2) is 47.4 Å². The summed E-state index contributed by atoms with van der Waals surface area (Å²) in [5.74, 6) is 0. The SMILES string of the molecule is CC(C)(C)c1nnc(NS(=O)(=O)c2ccc3ccccc3c2)s1. The van der Waals surface area contributed by atoms with Gasteiger partial charge < -0.3 is 0 Å². The minimum Gasteiger partial charge on any atom is -0.253 e. The third-order valence-electron chi connectivity index (χ3n) is 3.32. The Bertz CT molecular complexity index is 957. The first kappa shape index (κ1) is 15.9. The molecule has 0 bridgehead atoms. The van der Waals surface area contributed by atoms with E-state index in [1.165, 1.54) is 11.3 Å². The lowest BCUT2D eigenvalue weighted by molar-refractivity contribution is 0.578. The van der Waals surface area contributed by atoms with E-state index >= 15 is 0 Å². The lowest BCUT2D eigenvalue weighted by atomic mass is 9.98. The van der Waals surface area contributed by atoms with Crippen molar-refractivity contribution in [2.75, 3.05) is 4.72 Å². The summed E-state index contributed by atoms with van der Waals surface area (Å²) in [5.41, 5.74) is -0.162. The molecule has 0 aliphatic carbocycles. The summed E-state index contributed by atoms with van der Waals surface area (Å²) in [7, 11) is -3.68. The Morgan fingerprint density at radius 3 is 2.35 bits per heavy atom. The van der Waals surface area contributed by atoms with Gasteiger partial charge in [0.2, 0.25) is 5.13 Å². The third-order valence-corrected chi connectivity index (χ3v) is 6.05. The zero-order valence-electron chi connectivity index (χ0n) is 13.1. The van der Waals surface area contributed by atoms with Crippen molar-refractivity contribution >= 4 is 37.3 Å². The first-order chi connectivity index (χ1) is 10.8. The van der Waals surface area contributed by atoms with E-state index in [1.807, 2.05) is 45.0 Å². The number of rotatable bonds is 3. The van der Waals surface area contributed by atoms with Crippen LogP contribution in [0.3, 0.4) is 0 Å². The fraction of sp³-hybridized carbons (Fsp3) is 0.250. The van der Waals surface area contributed by atoms with Crippen molar-refractivity contribution in [1.82, 2.24) is 10.2 Å². The molecule has 0 saturated carbocycles. The highest BCUT2D eigenvalue weighted by Crippen LogP contribution is 2.29. The minimum atomic E-state index is -3.68. The Morgan fingerprint density at radius 1 is 1.00 bits per heavy atom. The smallest absolute Gasteiger partial charge is 0.253 e. The highest BCUT2D eigenvalue weighted by molar-refractivity contribution is 7.93. The maximum absolute atomic E-state index is 12.5. The predicted octanol–water partition coefficient (Wildman–Crippen LogP) is 3.79. The van der Waals surface area contributed by atoms with Crippen molar-refractivity contribution in [3.8, 4) is 0 Å². The lowest BCUT2D eigenvalue weighted by Crippen LogP contribution is -2.12. The van der Waals surface area contributed by atoms with Crippen molar-refractivity contribution in [2.24, 2.45) is 0 Å². The molecule has 0 amide bonds. The molecule has 2 aromatic carbocycles. The molecule has 5 nitrogen and oxygen atoms in total. The van der Waals surface area contributed by atoms with Gasteiger partial charge in [-0.3, -0.25) is 4.72 Å². The number of benzene rings is 2. The molecule has 0 aliphatic heterocycles. The molecule has 120 valence electrons. The summed E-state index contributed by atoms with van der Waals surface area (Å²) in [6, 6.07) is 12.7. The normalized spacial score (nSPS) is 12.5. The summed E-state index contributed by atoms with van der Waals surface area (Å²) < 4.78 is 27.6. The molecular formula is C16H17N3O2S2. The molecule has 0 atom stereocenters. The van der Waals surface area contributed by atoms with Gasteiger partial charge in [-0.15, -0.1) is 10.2 Å². The van der Waals surface area contributed by atoms with Gasteiger partial charge in [-0.05, 0) is 22.9 Å². The molecule has 1 N–H and O–H groups in total. The molecular weight excluding hydrogens is 330 g/mol. The fourth-order valence-corrected chi connectivity index (χ4v) is 4.14. The third kappa shape index (κ3) is 3.35. The van der Waals surface area contributed by atoms with Crippen LogP contribution in [0.4, 0.5) is 5.13 Å². The van der Waals surface area contributed by atoms with Crippen LogP contribution in [0.5, 0.6) is 0 Å². The molecule has 3 aromatic rings. The van der Waals surface area contributed by atoms with E-state index in [1.54, 1.807) is 18.2 Å². The molecule has 23 heavy (non-hydrogen) atoms. The number of anilines is 1. The second-order valence-corrected chi connectivity index (χ2v) is 8.94. The zero-order chi connectivity index (χ0) is 16.7. The van der Waals surface area contributed by atoms with Gasteiger partial charge in [-0.25, -0.2) is 8.42 Å². The molecule has 0 fully saturated rings. The minimum absolute atomic E-state index is 0.162. The van der Waals surface area contributed by atoms with E-state index in [-0.39, 0.29) is 15.4 Å². The van der Waals surface area contributed by atoms with Gasteiger partial charge in [0.05, 0.1) is 4.90 Å². The van der Waals surface area contributed by atoms with Gasteiger partial charge in [0.15, 0.2) is 0 Å². The van der Waals surface area contributed by atoms with E-state index in [9.17, 15) is 8.42 Å². The molecule has 1 aromatic heterocycles. The topological polar surface area (TPSA) is 72.0 Å². The molecule has 0 saturated heterocycles. The van der Waals surface area contributed by atoms with Crippen molar-refractivity contribution in [3.05, 3.63) is 47.5 Å². The highest BCUT2D eigenvalue weighted by Gasteiger charge is 2.22. The standard InChI is InChI=1S/C16H17N3O2S2/c1-16(2,3)14-17-18-15(22-14)19-23(20,21)13-9-8-11-6-4-5-7-12(11)10-13/h4-10H,1-3H3,(H,18,19). The van der Waals surface area contributed by atoms with Gasteiger partial charge >= 0.3 is 0 Å². The molecule has 0 aliphatic rings. The summed E-state index contributed by atoms with van der Waals surface area (Å²) in [6.45, 7) is 6.03. The summed E-state index contributed by atoms with van der Waals surface area (Å²) in [5, 5.41) is 10.9. The molecule has 3 rings (SSSR count). The van der Waals surface area contributed by atoms with Gasteiger partial charge in [0.25, 0.3) is 10.0 Å². The highest BCUT2D eigenvalue weighted by atomic mass is 32.2. The van der Waals surface area contributed by atoms with Crippen LogP contribution in [0.1, 0.15) is 25.8 Å². The maximum Gasteiger partial charge on any atom is 0.263 e. The van der Waals surface area contributed by atoms with E-state index < -0.39 is 10.0 Å². The largest absolute Gasteiger partial charge is 0.263 e. The summed E-state index contributed by atoms with van der Waals surface area (Å²) in [4.78, 5) is 0.212. The van der Waals surface area contributed by atoms with E-state index in [0.29, 0.717) is 0 Å². The van der Waals surface area contributed by atoms with Crippen LogP contribution in [0.2, 0.25) is 0 Å². The van der Waals surface area contributed by atoms with E-state index in [2.05, 4.69) is 14.9 Å². The number of hydrogen-bond donors (Lipinski definition) is 1. The van der Waals surface area contributed by atoms with Crippen LogP contribution in [-0.2, 0) is 15.4 Å². The quantitative estimate of drug-likeness (QED) is 0.782. The van der Waals surface area contributed by atoms with Gasteiger partial charge in [0, 0.05) is 5.41 Å². The van der Waals surface area contributed by atoms with Crippen molar-refractivity contribution in [2.45, 2.75) is 31.1 Å². The van der Waals surface area contributed by atoms with Crippen LogP contribution in [0, 0.1) is 0 Å².